The quantitative estimate of drug-likeness (QED) is 0.840. The second kappa shape index (κ2) is 6.91. The first-order valence-corrected chi connectivity index (χ1v) is 8.73. The summed E-state index contributed by atoms with van der Waals surface area (Å²) in [7, 11) is -3.34. The Labute approximate surface area is 136 Å². The first-order chi connectivity index (χ1) is 11.1. The number of rotatable bonds is 5. The maximum atomic E-state index is 13.6. The molecule has 2 aromatic rings. The van der Waals surface area contributed by atoms with Gasteiger partial charge in [0.1, 0.15) is 17.4 Å². The summed E-state index contributed by atoms with van der Waals surface area (Å²) in [4.78, 5) is 15.5. The number of anilines is 1. The van der Waals surface area contributed by atoms with Gasteiger partial charge in [-0.3, -0.25) is 5.32 Å². The number of urea groups is 1. The van der Waals surface area contributed by atoms with E-state index in [0.717, 1.165) is 12.3 Å². The fourth-order valence-electron chi connectivity index (χ4n) is 1.86. The third-order valence-electron chi connectivity index (χ3n) is 2.86. The molecule has 130 valence electrons. The number of halogens is 2. The molecule has 11 heteroatoms. The van der Waals surface area contributed by atoms with Crippen LogP contribution >= 0.6 is 0 Å². The van der Waals surface area contributed by atoms with E-state index in [-0.39, 0.29) is 17.4 Å². The lowest BCUT2D eigenvalue weighted by Gasteiger charge is -2.14. The maximum absolute atomic E-state index is 13.6. The first kappa shape index (κ1) is 17.8. The Kier molecular flexibility index (Phi) is 5.12. The third-order valence-corrected chi connectivity index (χ3v) is 3.64. The number of aromatic nitrogens is 2. The molecule has 0 aliphatic carbocycles. The number of sulfone groups is 1. The van der Waals surface area contributed by atoms with E-state index < -0.39 is 39.3 Å². The summed E-state index contributed by atoms with van der Waals surface area (Å²) in [6.45, 7) is 1.50. The van der Waals surface area contributed by atoms with E-state index in [0.29, 0.717) is 6.07 Å². The van der Waals surface area contributed by atoms with Gasteiger partial charge in [0.05, 0.1) is 6.04 Å². The zero-order valence-corrected chi connectivity index (χ0v) is 13.5. The average molecular weight is 360 g/mol. The molecule has 2 rings (SSSR count). The van der Waals surface area contributed by atoms with E-state index in [9.17, 15) is 22.0 Å². The number of nitrogens with zero attached hydrogens (tertiary/aromatic N) is 2. The van der Waals surface area contributed by atoms with Crippen LogP contribution in [0.4, 0.5) is 19.6 Å². The molecule has 1 atom stereocenters. The van der Waals surface area contributed by atoms with Crippen LogP contribution in [0.25, 0.3) is 0 Å². The fraction of sp³-hybridized carbons (Fsp3) is 0.308. The Morgan fingerprint density at radius 3 is 2.71 bits per heavy atom. The van der Waals surface area contributed by atoms with E-state index in [1.165, 1.54) is 13.0 Å². The van der Waals surface area contributed by atoms with Crippen molar-refractivity contribution in [3.05, 3.63) is 41.2 Å². The normalized spacial score (nSPS) is 12.7. The number of hydrogen-bond donors (Lipinski definition) is 2. The van der Waals surface area contributed by atoms with Crippen molar-refractivity contribution in [1.29, 1.82) is 0 Å². The molecule has 1 heterocycles. The van der Waals surface area contributed by atoms with E-state index >= 15 is 0 Å². The number of amides is 2. The molecule has 1 aromatic carbocycles. The van der Waals surface area contributed by atoms with Crippen LogP contribution in [0, 0.1) is 11.6 Å². The standard InChI is InChI=1S/C13H14F2N4O4S/c1-7(9-4-3-8(14)5-10(9)15)16-12(20)18-13-17-11(19-23-13)6-24(2,21)22/h3-5,7H,6H2,1-2H3,(H2,16,17,18,19,20)/t7-/m0/s1. The van der Waals surface area contributed by atoms with Gasteiger partial charge in [0, 0.05) is 17.9 Å². The molecule has 8 nitrogen and oxygen atoms in total. The summed E-state index contributed by atoms with van der Waals surface area (Å²) in [6.07, 6.45) is 1.00. The molecule has 0 spiro atoms. The summed E-state index contributed by atoms with van der Waals surface area (Å²) >= 11 is 0. The van der Waals surface area contributed by atoms with Crippen molar-refractivity contribution in [1.82, 2.24) is 15.5 Å². The molecular weight excluding hydrogens is 346 g/mol. The van der Waals surface area contributed by atoms with Crippen LogP contribution < -0.4 is 10.6 Å². The monoisotopic (exact) mass is 360 g/mol. The minimum atomic E-state index is -3.34. The molecule has 0 saturated carbocycles. The van der Waals surface area contributed by atoms with Crippen molar-refractivity contribution in [2.45, 2.75) is 18.7 Å². The number of nitrogens with one attached hydrogen (secondary N) is 2. The zero-order valence-electron chi connectivity index (χ0n) is 12.7. The second-order valence-corrected chi connectivity index (χ2v) is 7.21. The van der Waals surface area contributed by atoms with Crippen molar-refractivity contribution in [2.75, 3.05) is 11.6 Å². The van der Waals surface area contributed by atoms with Gasteiger partial charge >= 0.3 is 12.0 Å². The van der Waals surface area contributed by atoms with Crippen molar-refractivity contribution < 1.29 is 26.5 Å². The Balaban J connectivity index is 1.98. The molecule has 0 radical (unpaired) electrons. The van der Waals surface area contributed by atoms with Crippen LogP contribution in [-0.2, 0) is 15.6 Å². The van der Waals surface area contributed by atoms with Crippen LogP contribution in [-0.4, -0.2) is 30.8 Å². The second-order valence-electron chi connectivity index (χ2n) is 5.07. The Bertz CT molecular complexity index is 853. The van der Waals surface area contributed by atoms with Crippen molar-refractivity contribution in [3.8, 4) is 0 Å². The van der Waals surface area contributed by atoms with Gasteiger partial charge in [-0.1, -0.05) is 11.2 Å². The number of benzene rings is 1. The number of hydrogen-bond acceptors (Lipinski definition) is 6. The molecular formula is C13H14F2N4O4S. The average Bonchev–Trinajstić information content (AvgIpc) is 2.82. The molecule has 1 aromatic heterocycles. The number of carbonyl (C=O) groups is 1. The van der Waals surface area contributed by atoms with Crippen LogP contribution in [0.2, 0.25) is 0 Å². The molecule has 24 heavy (non-hydrogen) atoms. The highest BCUT2D eigenvalue weighted by Crippen LogP contribution is 2.17. The van der Waals surface area contributed by atoms with Crippen LogP contribution in [0.1, 0.15) is 24.4 Å². The van der Waals surface area contributed by atoms with Crippen molar-refractivity contribution >= 4 is 21.9 Å². The summed E-state index contributed by atoms with van der Waals surface area (Å²) < 4.78 is 53.4. The van der Waals surface area contributed by atoms with Gasteiger partial charge in [-0.2, -0.15) is 4.98 Å². The van der Waals surface area contributed by atoms with E-state index in [1.54, 1.807) is 0 Å². The first-order valence-electron chi connectivity index (χ1n) is 6.67. The van der Waals surface area contributed by atoms with Gasteiger partial charge in [-0.25, -0.2) is 22.0 Å². The van der Waals surface area contributed by atoms with Crippen LogP contribution in [0.15, 0.2) is 22.7 Å². The van der Waals surface area contributed by atoms with E-state index in [4.69, 9.17) is 0 Å². The molecule has 0 unspecified atom stereocenters. The number of carbonyl (C=O) groups excluding carboxylic acids is 1. The molecule has 2 amide bonds. The summed E-state index contributed by atoms with van der Waals surface area (Å²) in [6, 6.07) is 1.15. The van der Waals surface area contributed by atoms with Crippen molar-refractivity contribution in [2.24, 2.45) is 0 Å². The minimum absolute atomic E-state index is 0.0924. The van der Waals surface area contributed by atoms with Gasteiger partial charge < -0.3 is 9.84 Å². The lowest BCUT2D eigenvalue weighted by molar-refractivity contribution is 0.248. The van der Waals surface area contributed by atoms with Crippen LogP contribution in [0.3, 0.4) is 0 Å². The molecule has 0 aliphatic heterocycles. The Morgan fingerprint density at radius 1 is 1.38 bits per heavy atom. The lowest BCUT2D eigenvalue weighted by atomic mass is 10.1. The highest BCUT2D eigenvalue weighted by atomic mass is 32.2. The summed E-state index contributed by atoms with van der Waals surface area (Å²) in [5, 5.41) is 8.01. The van der Waals surface area contributed by atoms with Gasteiger partial charge in [0.25, 0.3) is 0 Å². The van der Waals surface area contributed by atoms with Gasteiger partial charge in [0.2, 0.25) is 0 Å². The minimum Gasteiger partial charge on any atom is -0.331 e. The third kappa shape index (κ3) is 4.98. The molecule has 0 aliphatic rings. The lowest BCUT2D eigenvalue weighted by Crippen LogP contribution is -2.31. The van der Waals surface area contributed by atoms with Crippen LogP contribution in [0.5, 0.6) is 0 Å². The predicted octanol–water partition coefficient (Wildman–Crippen LogP) is 1.78. The van der Waals surface area contributed by atoms with E-state index in [1.807, 2.05) is 0 Å². The topological polar surface area (TPSA) is 114 Å². The van der Waals surface area contributed by atoms with Gasteiger partial charge in [0.15, 0.2) is 15.7 Å². The van der Waals surface area contributed by atoms with E-state index in [2.05, 4.69) is 25.3 Å². The summed E-state index contributed by atoms with van der Waals surface area (Å²) in [5.41, 5.74) is 0.0924. The highest BCUT2D eigenvalue weighted by molar-refractivity contribution is 7.89. The molecule has 0 bridgehead atoms. The predicted molar refractivity (Wildman–Crippen MR) is 79.8 cm³/mol. The molecule has 0 fully saturated rings. The van der Waals surface area contributed by atoms with Gasteiger partial charge in [-0.05, 0) is 13.0 Å². The smallest absolute Gasteiger partial charge is 0.329 e. The molecule has 0 saturated heterocycles. The SMILES string of the molecule is C[C@H](NC(=O)Nc1nc(CS(C)(=O)=O)no1)c1ccc(F)cc1F. The highest BCUT2D eigenvalue weighted by Gasteiger charge is 2.17. The summed E-state index contributed by atoms with van der Waals surface area (Å²) in [5.74, 6) is -2.06. The Morgan fingerprint density at radius 2 is 2.08 bits per heavy atom. The van der Waals surface area contributed by atoms with Gasteiger partial charge in [-0.15, -0.1) is 0 Å². The Hall–Kier alpha value is -2.56. The largest absolute Gasteiger partial charge is 0.331 e. The fourth-order valence-corrected chi connectivity index (χ4v) is 2.44. The zero-order chi connectivity index (χ0) is 17.9. The molecule has 2 N–H and O–H groups in total. The maximum Gasteiger partial charge on any atom is 0.329 e. The van der Waals surface area contributed by atoms with Crippen molar-refractivity contribution in [3.63, 3.8) is 0 Å².